The largest absolute Gasteiger partial charge is 0.489 e. The number of hydrogen-bond donors (Lipinski definition) is 0. The summed E-state index contributed by atoms with van der Waals surface area (Å²) in [6.07, 6.45) is 4.61. The van der Waals surface area contributed by atoms with E-state index in [1.54, 1.807) is 0 Å². The van der Waals surface area contributed by atoms with Gasteiger partial charge in [0.2, 0.25) is 0 Å². The van der Waals surface area contributed by atoms with Crippen molar-refractivity contribution >= 4 is 6.29 Å². The molecule has 1 fully saturated rings. The van der Waals surface area contributed by atoms with Crippen LogP contribution in [0.3, 0.4) is 0 Å². The average molecular weight is 246 g/mol. The van der Waals surface area contributed by atoms with Crippen LogP contribution in [0.2, 0.25) is 0 Å². The Balaban J connectivity index is 2.16. The smallest absolute Gasteiger partial charge is 0.153 e. The summed E-state index contributed by atoms with van der Waals surface area (Å²) in [5, 5.41) is 0. The molecule has 18 heavy (non-hydrogen) atoms. The lowest BCUT2D eigenvalue weighted by Crippen LogP contribution is -2.29. The second-order valence-electron chi connectivity index (χ2n) is 5.77. The van der Waals surface area contributed by atoms with E-state index in [0.717, 1.165) is 30.4 Å². The first-order chi connectivity index (χ1) is 8.60. The summed E-state index contributed by atoms with van der Waals surface area (Å²) in [5.41, 5.74) is 1.71. The lowest BCUT2D eigenvalue weighted by molar-refractivity contribution is 0.0974. The second-order valence-corrected chi connectivity index (χ2v) is 5.77. The van der Waals surface area contributed by atoms with E-state index in [0.29, 0.717) is 17.4 Å². The normalized spacial score (nSPS) is 27.8. The Kier molecular flexibility index (Phi) is 4.05. The highest BCUT2D eigenvalue weighted by Gasteiger charge is 2.26. The molecule has 98 valence electrons. The van der Waals surface area contributed by atoms with Gasteiger partial charge in [0.15, 0.2) is 6.29 Å². The van der Waals surface area contributed by atoms with Gasteiger partial charge in [0, 0.05) is 0 Å². The number of aryl methyl sites for hydroxylation is 1. The zero-order chi connectivity index (χ0) is 13.1. The van der Waals surface area contributed by atoms with Crippen LogP contribution >= 0.6 is 0 Å². The maximum atomic E-state index is 11.1. The van der Waals surface area contributed by atoms with E-state index in [2.05, 4.69) is 13.8 Å². The molecule has 2 rings (SSSR count). The zero-order valence-corrected chi connectivity index (χ0v) is 11.5. The number of carbonyl (C=O) groups is 1. The highest BCUT2D eigenvalue weighted by molar-refractivity contribution is 5.80. The molecule has 0 bridgehead atoms. The predicted molar refractivity (Wildman–Crippen MR) is 73.2 cm³/mol. The van der Waals surface area contributed by atoms with Gasteiger partial charge in [-0.2, -0.15) is 0 Å². The third-order valence-electron chi connectivity index (χ3n) is 3.79. The topological polar surface area (TPSA) is 26.3 Å². The molecule has 1 aliphatic carbocycles. The first kappa shape index (κ1) is 13.1. The third-order valence-corrected chi connectivity index (χ3v) is 3.79. The Morgan fingerprint density at radius 2 is 1.83 bits per heavy atom. The summed E-state index contributed by atoms with van der Waals surface area (Å²) in [6, 6.07) is 5.72. The summed E-state index contributed by atoms with van der Waals surface area (Å²) in [7, 11) is 0. The Morgan fingerprint density at radius 3 is 2.44 bits per heavy atom. The van der Waals surface area contributed by atoms with E-state index in [-0.39, 0.29) is 6.10 Å². The molecule has 1 saturated carbocycles. The van der Waals surface area contributed by atoms with E-state index in [4.69, 9.17) is 4.74 Å². The maximum absolute atomic E-state index is 11.1. The van der Waals surface area contributed by atoms with Gasteiger partial charge in [0.05, 0.1) is 11.7 Å². The van der Waals surface area contributed by atoms with E-state index in [1.807, 2.05) is 25.1 Å². The Morgan fingerprint density at radius 1 is 1.17 bits per heavy atom. The van der Waals surface area contributed by atoms with Gasteiger partial charge in [-0.05, 0) is 49.7 Å². The molecule has 0 aromatic heterocycles. The summed E-state index contributed by atoms with van der Waals surface area (Å²) >= 11 is 0. The lowest BCUT2D eigenvalue weighted by atomic mass is 9.82. The van der Waals surface area contributed by atoms with Crippen molar-refractivity contribution in [2.45, 2.75) is 46.1 Å². The fraction of sp³-hybridized carbons (Fsp3) is 0.562. The number of hydrogen-bond acceptors (Lipinski definition) is 2. The highest BCUT2D eigenvalue weighted by atomic mass is 16.5. The Bertz CT molecular complexity index is 415. The van der Waals surface area contributed by atoms with Crippen LogP contribution in [0.25, 0.3) is 0 Å². The fourth-order valence-electron chi connectivity index (χ4n) is 3.06. The van der Waals surface area contributed by atoms with Crippen molar-refractivity contribution < 1.29 is 9.53 Å². The summed E-state index contributed by atoms with van der Waals surface area (Å²) < 4.78 is 6.12. The first-order valence-electron chi connectivity index (χ1n) is 6.81. The quantitative estimate of drug-likeness (QED) is 0.753. The minimum Gasteiger partial charge on any atom is -0.489 e. The molecule has 0 amide bonds. The van der Waals surface area contributed by atoms with E-state index in [9.17, 15) is 4.79 Å². The van der Waals surface area contributed by atoms with E-state index < -0.39 is 0 Å². The molecule has 2 nitrogen and oxygen atoms in total. The number of ether oxygens (including phenoxy) is 1. The van der Waals surface area contributed by atoms with Crippen molar-refractivity contribution in [3.63, 3.8) is 0 Å². The molecule has 1 aliphatic rings. The number of para-hydroxylation sites is 1. The van der Waals surface area contributed by atoms with Gasteiger partial charge in [-0.15, -0.1) is 0 Å². The van der Waals surface area contributed by atoms with Gasteiger partial charge in [-0.3, -0.25) is 4.79 Å². The highest BCUT2D eigenvalue weighted by Crippen LogP contribution is 2.33. The van der Waals surface area contributed by atoms with Crippen LogP contribution in [0.1, 0.15) is 49.0 Å². The van der Waals surface area contributed by atoms with Crippen LogP contribution in [0, 0.1) is 18.8 Å². The first-order valence-corrected chi connectivity index (χ1v) is 6.81. The molecule has 0 radical (unpaired) electrons. The molecule has 1 aromatic rings. The van der Waals surface area contributed by atoms with E-state index >= 15 is 0 Å². The second kappa shape index (κ2) is 5.55. The Labute approximate surface area is 109 Å². The molecule has 0 aliphatic heterocycles. The van der Waals surface area contributed by atoms with Crippen molar-refractivity contribution in [3.8, 4) is 5.75 Å². The monoisotopic (exact) mass is 246 g/mol. The summed E-state index contributed by atoms with van der Waals surface area (Å²) in [6.45, 7) is 6.56. The minimum absolute atomic E-state index is 0.253. The number of benzene rings is 1. The SMILES string of the molecule is Cc1cccc(C=O)c1OC1CC(C)CC(C)C1. The van der Waals surface area contributed by atoms with Crippen LogP contribution in [0.15, 0.2) is 18.2 Å². The van der Waals surface area contributed by atoms with Crippen molar-refractivity contribution in [2.24, 2.45) is 11.8 Å². The van der Waals surface area contributed by atoms with Crippen LogP contribution < -0.4 is 4.74 Å². The van der Waals surface area contributed by atoms with Crippen LogP contribution in [0.5, 0.6) is 5.75 Å². The van der Waals surface area contributed by atoms with Crippen LogP contribution in [-0.4, -0.2) is 12.4 Å². The molecule has 2 atom stereocenters. The fourth-order valence-corrected chi connectivity index (χ4v) is 3.06. The van der Waals surface area contributed by atoms with Gasteiger partial charge in [0.25, 0.3) is 0 Å². The molecule has 0 saturated heterocycles. The molecule has 0 N–H and O–H groups in total. The minimum atomic E-state index is 0.253. The third kappa shape index (κ3) is 2.92. The van der Waals surface area contributed by atoms with Crippen molar-refractivity contribution in [2.75, 3.05) is 0 Å². The average Bonchev–Trinajstić information content (AvgIpc) is 2.30. The Hall–Kier alpha value is -1.31. The maximum Gasteiger partial charge on any atom is 0.153 e. The van der Waals surface area contributed by atoms with Gasteiger partial charge in [-0.1, -0.05) is 26.0 Å². The lowest BCUT2D eigenvalue weighted by Gasteiger charge is -2.32. The number of aldehydes is 1. The molecule has 2 unspecified atom stereocenters. The van der Waals surface area contributed by atoms with Gasteiger partial charge < -0.3 is 4.74 Å². The van der Waals surface area contributed by atoms with E-state index in [1.165, 1.54) is 6.42 Å². The van der Waals surface area contributed by atoms with Crippen LogP contribution in [0.4, 0.5) is 0 Å². The summed E-state index contributed by atoms with van der Waals surface area (Å²) in [4.78, 5) is 11.1. The number of rotatable bonds is 3. The van der Waals surface area contributed by atoms with Gasteiger partial charge in [-0.25, -0.2) is 0 Å². The van der Waals surface area contributed by atoms with Crippen molar-refractivity contribution in [1.29, 1.82) is 0 Å². The van der Waals surface area contributed by atoms with Gasteiger partial charge >= 0.3 is 0 Å². The standard InChI is InChI=1S/C16H22O2/c1-11-7-12(2)9-15(8-11)18-16-13(3)5-4-6-14(16)10-17/h4-6,10-12,15H,7-9H2,1-3H3. The van der Waals surface area contributed by atoms with Crippen LogP contribution in [-0.2, 0) is 0 Å². The summed E-state index contributed by atoms with van der Waals surface area (Å²) in [5.74, 6) is 2.20. The van der Waals surface area contributed by atoms with Crippen molar-refractivity contribution in [3.05, 3.63) is 29.3 Å². The molecule has 2 heteroatoms. The molecule has 0 heterocycles. The molecule has 0 spiro atoms. The molecular weight excluding hydrogens is 224 g/mol. The van der Waals surface area contributed by atoms with Gasteiger partial charge in [0.1, 0.15) is 5.75 Å². The zero-order valence-electron chi connectivity index (χ0n) is 11.5. The molecule has 1 aromatic carbocycles. The predicted octanol–water partition coefficient (Wildman–Crippen LogP) is 4.01. The number of carbonyl (C=O) groups excluding carboxylic acids is 1. The molecular formula is C16H22O2. The van der Waals surface area contributed by atoms with Crippen molar-refractivity contribution in [1.82, 2.24) is 0 Å².